The molecular formula is C13H23Br2NO2. The molecule has 1 unspecified atom stereocenters. The van der Waals surface area contributed by atoms with Crippen LogP contribution in [-0.4, -0.2) is 34.8 Å². The molecule has 3 nitrogen and oxygen atoms in total. The molecule has 0 aromatic heterocycles. The van der Waals surface area contributed by atoms with Crippen molar-refractivity contribution in [3.8, 4) is 0 Å². The van der Waals surface area contributed by atoms with Gasteiger partial charge in [-0.2, -0.15) is 0 Å². The zero-order valence-corrected chi connectivity index (χ0v) is 14.6. The first kappa shape index (κ1) is 16.4. The fourth-order valence-electron chi connectivity index (χ4n) is 2.04. The van der Waals surface area contributed by atoms with Crippen molar-refractivity contribution in [3.05, 3.63) is 0 Å². The van der Waals surface area contributed by atoms with E-state index in [-0.39, 0.29) is 11.6 Å². The Morgan fingerprint density at radius 1 is 1.39 bits per heavy atom. The molecule has 5 heteroatoms. The molecule has 0 radical (unpaired) electrons. The number of carbonyl (C=O) groups is 1. The summed E-state index contributed by atoms with van der Waals surface area (Å²) in [5.41, 5.74) is -0.744. The number of halogens is 2. The van der Waals surface area contributed by atoms with Crippen LogP contribution < -0.4 is 5.32 Å². The number of alkyl halides is 2. The van der Waals surface area contributed by atoms with Gasteiger partial charge in [-0.05, 0) is 46.7 Å². The van der Waals surface area contributed by atoms with Crippen molar-refractivity contribution in [3.63, 3.8) is 0 Å². The van der Waals surface area contributed by atoms with Crippen molar-refractivity contribution in [1.29, 1.82) is 0 Å². The van der Waals surface area contributed by atoms with Crippen LogP contribution in [0.25, 0.3) is 0 Å². The van der Waals surface area contributed by atoms with Crippen molar-refractivity contribution in [2.45, 2.75) is 50.5 Å². The molecule has 1 fully saturated rings. The molecule has 0 bridgehead atoms. The monoisotopic (exact) mass is 383 g/mol. The SMILES string of the molecule is CC(C)(C)C(=O)OC1(CC(Br)CBr)CCNCC1. The van der Waals surface area contributed by atoms with E-state index in [1.54, 1.807) is 0 Å². The van der Waals surface area contributed by atoms with Gasteiger partial charge in [0.15, 0.2) is 0 Å². The number of hydrogen-bond acceptors (Lipinski definition) is 3. The smallest absolute Gasteiger partial charge is 0.311 e. The Morgan fingerprint density at radius 3 is 2.39 bits per heavy atom. The van der Waals surface area contributed by atoms with Gasteiger partial charge >= 0.3 is 5.97 Å². The van der Waals surface area contributed by atoms with Crippen molar-refractivity contribution >= 4 is 37.8 Å². The van der Waals surface area contributed by atoms with Gasteiger partial charge in [-0.25, -0.2) is 0 Å². The highest BCUT2D eigenvalue weighted by Gasteiger charge is 2.39. The van der Waals surface area contributed by atoms with E-state index in [0.717, 1.165) is 37.7 Å². The summed E-state index contributed by atoms with van der Waals surface area (Å²) in [6, 6.07) is 0. The van der Waals surface area contributed by atoms with Gasteiger partial charge in [0.1, 0.15) is 5.60 Å². The number of hydrogen-bond donors (Lipinski definition) is 1. The van der Waals surface area contributed by atoms with Gasteiger partial charge in [0.2, 0.25) is 0 Å². The van der Waals surface area contributed by atoms with Crippen molar-refractivity contribution < 1.29 is 9.53 Å². The van der Waals surface area contributed by atoms with Crippen molar-refractivity contribution in [2.75, 3.05) is 18.4 Å². The van der Waals surface area contributed by atoms with Crippen LogP contribution in [0.4, 0.5) is 0 Å². The summed E-state index contributed by atoms with van der Waals surface area (Å²) in [5.74, 6) is -0.0985. The Morgan fingerprint density at radius 2 is 1.94 bits per heavy atom. The van der Waals surface area contributed by atoms with E-state index >= 15 is 0 Å². The molecule has 106 valence electrons. The molecule has 18 heavy (non-hydrogen) atoms. The summed E-state index contributed by atoms with van der Waals surface area (Å²) >= 11 is 7.10. The normalized spacial score (nSPS) is 21.4. The maximum atomic E-state index is 12.1. The van der Waals surface area contributed by atoms with E-state index in [1.165, 1.54) is 0 Å². The third kappa shape index (κ3) is 4.82. The van der Waals surface area contributed by atoms with Crippen LogP contribution in [0.15, 0.2) is 0 Å². The minimum atomic E-state index is -0.436. The predicted octanol–water partition coefficient (Wildman–Crippen LogP) is 3.25. The van der Waals surface area contributed by atoms with Gasteiger partial charge in [0.05, 0.1) is 5.41 Å². The maximum absolute atomic E-state index is 12.1. The molecule has 1 aliphatic rings. The first-order chi connectivity index (χ1) is 8.29. The largest absolute Gasteiger partial charge is 0.459 e. The van der Waals surface area contributed by atoms with Gasteiger partial charge < -0.3 is 10.1 Å². The van der Waals surface area contributed by atoms with E-state index in [9.17, 15) is 4.79 Å². The lowest BCUT2D eigenvalue weighted by atomic mass is 9.86. The van der Waals surface area contributed by atoms with Crippen LogP contribution in [0, 0.1) is 5.41 Å². The number of nitrogens with one attached hydrogen (secondary N) is 1. The molecule has 1 rings (SSSR count). The second kappa shape index (κ2) is 6.71. The quantitative estimate of drug-likeness (QED) is 0.597. The second-order valence-corrected chi connectivity index (χ2v) is 7.97. The summed E-state index contributed by atoms with van der Waals surface area (Å²) < 4.78 is 5.89. The standard InChI is InChI=1S/C13H23Br2NO2/c1-12(2,3)11(17)18-13(8-10(15)9-14)4-6-16-7-5-13/h10,16H,4-9H2,1-3H3. The Balaban J connectivity index is 2.74. The van der Waals surface area contributed by atoms with Gasteiger partial charge in [0.25, 0.3) is 0 Å². The average molecular weight is 385 g/mol. The highest BCUT2D eigenvalue weighted by molar-refractivity contribution is 9.12. The fraction of sp³-hybridized carbons (Fsp3) is 0.923. The minimum absolute atomic E-state index is 0.0985. The Hall–Kier alpha value is 0.390. The third-order valence-corrected chi connectivity index (χ3v) is 5.50. The molecule has 0 spiro atoms. The van der Waals surface area contributed by atoms with Gasteiger partial charge in [0, 0.05) is 16.6 Å². The van der Waals surface area contributed by atoms with E-state index in [1.807, 2.05) is 20.8 Å². The Bertz CT molecular complexity index is 283. The fourth-order valence-corrected chi connectivity index (χ4v) is 2.86. The molecule has 1 saturated heterocycles. The average Bonchev–Trinajstić information content (AvgIpc) is 2.28. The van der Waals surface area contributed by atoms with Gasteiger partial charge in [-0.3, -0.25) is 4.79 Å². The molecule has 1 N–H and O–H groups in total. The lowest BCUT2D eigenvalue weighted by Gasteiger charge is -2.40. The van der Waals surface area contributed by atoms with Crippen LogP contribution in [0.1, 0.15) is 40.0 Å². The number of ether oxygens (including phenoxy) is 1. The third-order valence-electron chi connectivity index (χ3n) is 3.20. The molecule has 0 aromatic rings. The van der Waals surface area contributed by atoms with E-state index in [4.69, 9.17) is 4.74 Å². The lowest BCUT2D eigenvalue weighted by Crippen LogP contribution is -2.48. The Labute approximate surface area is 127 Å². The summed E-state index contributed by atoms with van der Waals surface area (Å²) in [5, 5.41) is 4.19. The molecule has 0 aromatic carbocycles. The summed E-state index contributed by atoms with van der Waals surface area (Å²) in [7, 11) is 0. The minimum Gasteiger partial charge on any atom is -0.459 e. The zero-order chi connectivity index (χ0) is 13.8. The van der Waals surface area contributed by atoms with Crippen LogP contribution in [0.2, 0.25) is 0 Å². The molecule has 1 atom stereocenters. The van der Waals surface area contributed by atoms with Gasteiger partial charge in [-0.15, -0.1) is 0 Å². The van der Waals surface area contributed by atoms with Crippen LogP contribution >= 0.6 is 31.9 Å². The molecule has 1 aliphatic heterocycles. The van der Waals surface area contributed by atoms with Crippen molar-refractivity contribution in [1.82, 2.24) is 5.32 Å². The van der Waals surface area contributed by atoms with E-state index < -0.39 is 5.41 Å². The van der Waals surface area contributed by atoms with Gasteiger partial charge in [-0.1, -0.05) is 31.9 Å². The molecule has 0 aliphatic carbocycles. The van der Waals surface area contributed by atoms with E-state index in [0.29, 0.717) is 4.83 Å². The summed E-state index contributed by atoms with van der Waals surface area (Å²) in [6.45, 7) is 7.54. The molecule has 0 amide bonds. The summed E-state index contributed by atoms with van der Waals surface area (Å²) in [6.07, 6.45) is 2.65. The van der Waals surface area contributed by atoms with Crippen LogP contribution in [0.5, 0.6) is 0 Å². The molecule has 0 saturated carbocycles. The first-order valence-corrected chi connectivity index (χ1v) is 8.47. The zero-order valence-electron chi connectivity index (χ0n) is 11.4. The number of esters is 1. The predicted molar refractivity (Wildman–Crippen MR) is 81.5 cm³/mol. The van der Waals surface area contributed by atoms with Crippen molar-refractivity contribution in [2.24, 2.45) is 5.41 Å². The topological polar surface area (TPSA) is 38.3 Å². The van der Waals surface area contributed by atoms with Crippen LogP contribution in [0.3, 0.4) is 0 Å². The van der Waals surface area contributed by atoms with E-state index in [2.05, 4.69) is 37.2 Å². The second-order valence-electron chi connectivity index (χ2n) is 6.03. The number of piperidine rings is 1. The Kier molecular flexibility index (Phi) is 6.13. The number of carbonyl (C=O) groups excluding carboxylic acids is 1. The molecule has 1 heterocycles. The lowest BCUT2D eigenvalue weighted by molar-refractivity contribution is -0.173. The maximum Gasteiger partial charge on any atom is 0.311 e. The first-order valence-electron chi connectivity index (χ1n) is 6.43. The van der Waals surface area contributed by atoms with Crippen LogP contribution in [-0.2, 0) is 9.53 Å². The highest BCUT2D eigenvalue weighted by atomic mass is 79.9. The number of rotatable bonds is 4. The summed E-state index contributed by atoms with van der Waals surface area (Å²) in [4.78, 5) is 12.5. The molecular weight excluding hydrogens is 362 g/mol. The highest BCUT2D eigenvalue weighted by Crippen LogP contribution is 2.33.